The number of carbonyl (C=O) groups is 2. The highest BCUT2D eigenvalue weighted by atomic mass is 16.7. The first-order valence-electron chi connectivity index (χ1n) is 9.55. The lowest BCUT2D eigenvalue weighted by Crippen LogP contribution is -2.64. The first-order chi connectivity index (χ1) is 14.1. The van der Waals surface area contributed by atoms with Crippen molar-refractivity contribution in [1.29, 1.82) is 0 Å². The molecule has 1 amide bonds. The van der Waals surface area contributed by atoms with E-state index >= 15 is 0 Å². The Kier molecular flexibility index (Phi) is 6.01. The van der Waals surface area contributed by atoms with Crippen LogP contribution in [0.15, 0.2) is 60.7 Å². The van der Waals surface area contributed by atoms with Gasteiger partial charge in [-0.25, -0.2) is 0 Å². The molecule has 2 aromatic rings. The average molecular weight is 397 g/mol. The second-order valence-corrected chi connectivity index (χ2v) is 7.05. The van der Waals surface area contributed by atoms with Crippen LogP contribution in [0.2, 0.25) is 0 Å². The molecule has 0 saturated carbocycles. The van der Waals surface area contributed by atoms with Crippen LogP contribution in [0.1, 0.15) is 24.3 Å². The molecule has 1 N–H and O–H groups in total. The minimum absolute atomic E-state index is 0.188. The van der Waals surface area contributed by atoms with E-state index in [-0.39, 0.29) is 24.9 Å². The molecule has 7 nitrogen and oxygen atoms in total. The first kappa shape index (κ1) is 19.7. The van der Waals surface area contributed by atoms with Gasteiger partial charge in [-0.2, -0.15) is 0 Å². The van der Waals surface area contributed by atoms with Gasteiger partial charge in [-0.1, -0.05) is 60.7 Å². The molecule has 0 spiro atoms. The number of fused-ring (bicyclic) bond motifs is 1. The Balaban J connectivity index is 1.48. The third kappa shape index (κ3) is 4.54. The summed E-state index contributed by atoms with van der Waals surface area (Å²) in [7, 11) is 0. The second-order valence-electron chi connectivity index (χ2n) is 7.05. The minimum atomic E-state index is -0.952. The first-order valence-corrected chi connectivity index (χ1v) is 9.55. The Bertz CT molecular complexity index is 843. The number of hydrogen-bond donors (Lipinski definition) is 1. The highest BCUT2D eigenvalue weighted by Gasteiger charge is 2.50. The normalized spacial score (nSPS) is 29.1. The number of hydrogen-bond acceptors (Lipinski definition) is 6. The van der Waals surface area contributed by atoms with E-state index in [1.54, 1.807) is 0 Å². The number of amides is 1. The van der Waals surface area contributed by atoms with Gasteiger partial charge in [0.25, 0.3) is 0 Å². The fourth-order valence-electron chi connectivity index (χ4n) is 3.48. The van der Waals surface area contributed by atoms with Gasteiger partial charge in [-0.15, -0.1) is 0 Å². The molecule has 2 fully saturated rings. The molecule has 152 valence electrons. The van der Waals surface area contributed by atoms with Crippen molar-refractivity contribution in [2.75, 3.05) is 6.61 Å². The highest BCUT2D eigenvalue weighted by Crippen LogP contribution is 2.32. The molecule has 4 rings (SSSR count). The summed E-state index contributed by atoms with van der Waals surface area (Å²) in [5, 5.41) is 2.65. The Morgan fingerprint density at radius 1 is 1.07 bits per heavy atom. The molecular formula is C22H23NO6. The summed E-state index contributed by atoms with van der Waals surface area (Å²) < 4.78 is 23.5. The van der Waals surface area contributed by atoms with E-state index in [2.05, 4.69) is 5.32 Å². The fraction of sp³-hybridized carbons (Fsp3) is 0.364. The number of benzene rings is 2. The molecule has 2 heterocycles. The van der Waals surface area contributed by atoms with Gasteiger partial charge in [0.2, 0.25) is 5.91 Å². The highest BCUT2D eigenvalue weighted by molar-refractivity contribution is 5.93. The van der Waals surface area contributed by atoms with Crippen molar-refractivity contribution in [1.82, 2.24) is 5.32 Å². The predicted molar refractivity (Wildman–Crippen MR) is 103 cm³/mol. The number of Topliss-reactive ketones (excluding diaryl/α,β-unsaturated/α-hetero) is 1. The van der Waals surface area contributed by atoms with Crippen LogP contribution < -0.4 is 5.32 Å². The van der Waals surface area contributed by atoms with Crippen LogP contribution in [0.3, 0.4) is 0 Å². The summed E-state index contributed by atoms with van der Waals surface area (Å²) in [5.41, 5.74) is 1.75. The lowest BCUT2D eigenvalue weighted by atomic mass is 9.97. The van der Waals surface area contributed by atoms with E-state index in [9.17, 15) is 9.59 Å². The molecule has 0 bridgehead atoms. The van der Waals surface area contributed by atoms with Gasteiger partial charge in [0, 0.05) is 12.5 Å². The smallest absolute Gasteiger partial charge is 0.217 e. The van der Waals surface area contributed by atoms with Gasteiger partial charge in [-0.05, 0) is 5.56 Å². The van der Waals surface area contributed by atoms with Crippen molar-refractivity contribution in [3.63, 3.8) is 0 Å². The SMILES string of the molecule is CC(=O)N[C@@H]1C(=O)[C@@H]2OC(c3ccccc3)OC[C@H]2O[C@@H]1OCc1ccccc1. The van der Waals surface area contributed by atoms with Crippen molar-refractivity contribution < 1.29 is 28.5 Å². The van der Waals surface area contributed by atoms with Crippen LogP contribution in [-0.4, -0.2) is 42.8 Å². The topological polar surface area (TPSA) is 83.1 Å². The van der Waals surface area contributed by atoms with Crippen LogP contribution in [0.4, 0.5) is 0 Å². The molecule has 2 saturated heterocycles. The van der Waals surface area contributed by atoms with Crippen molar-refractivity contribution in [3.05, 3.63) is 71.8 Å². The Morgan fingerprint density at radius 3 is 2.45 bits per heavy atom. The van der Waals surface area contributed by atoms with E-state index in [0.717, 1.165) is 11.1 Å². The summed E-state index contributed by atoms with van der Waals surface area (Å²) in [5.74, 6) is -0.621. The molecule has 2 aliphatic heterocycles. The summed E-state index contributed by atoms with van der Waals surface area (Å²) in [6.07, 6.45) is -3.03. The largest absolute Gasteiger partial charge is 0.346 e. The Morgan fingerprint density at radius 2 is 1.76 bits per heavy atom. The molecule has 0 radical (unpaired) electrons. The maximum Gasteiger partial charge on any atom is 0.217 e. The van der Waals surface area contributed by atoms with Crippen molar-refractivity contribution in [2.24, 2.45) is 0 Å². The number of nitrogens with one attached hydrogen (secondary N) is 1. The van der Waals surface area contributed by atoms with Crippen molar-refractivity contribution >= 4 is 11.7 Å². The number of ether oxygens (including phenoxy) is 4. The monoisotopic (exact) mass is 397 g/mol. The fourth-order valence-corrected chi connectivity index (χ4v) is 3.48. The van der Waals surface area contributed by atoms with Crippen LogP contribution in [0.5, 0.6) is 0 Å². The Labute approximate surface area is 168 Å². The van der Waals surface area contributed by atoms with E-state index in [0.29, 0.717) is 0 Å². The molecule has 2 aliphatic rings. The van der Waals surface area contributed by atoms with Gasteiger partial charge >= 0.3 is 0 Å². The lowest BCUT2D eigenvalue weighted by molar-refractivity contribution is -0.307. The van der Waals surface area contributed by atoms with Gasteiger partial charge in [0.15, 0.2) is 18.4 Å². The second kappa shape index (κ2) is 8.84. The summed E-state index contributed by atoms with van der Waals surface area (Å²) in [4.78, 5) is 24.8. The van der Waals surface area contributed by atoms with E-state index < -0.39 is 30.8 Å². The maximum absolute atomic E-state index is 13.1. The zero-order chi connectivity index (χ0) is 20.2. The van der Waals surface area contributed by atoms with Gasteiger partial charge in [-0.3, -0.25) is 9.59 Å². The number of carbonyl (C=O) groups excluding carboxylic acids is 2. The lowest BCUT2D eigenvalue weighted by Gasteiger charge is -2.43. The number of ketones is 1. The van der Waals surface area contributed by atoms with E-state index in [1.165, 1.54) is 6.92 Å². The summed E-state index contributed by atoms with van der Waals surface area (Å²) >= 11 is 0. The summed E-state index contributed by atoms with van der Waals surface area (Å²) in [6, 6.07) is 18.0. The van der Waals surface area contributed by atoms with Crippen LogP contribution in [-0.2, 0) is 35.1 Å². The quantitative estimate of drug-likeness (QED) is 0.832. The minimum Gasteiger partial charge on any atom is -0.346 e. The molecule has 1 unspecified atom stereocenters. The molecule has 5 atom stereocenters. The average Bonchev–Trinajstić information content (AvgIpc) is 2.75. The third-order valence-electron chi connectivity index (χ3n) is 4.88. The van der Waals surface area contributed by atoms with Crippen molar-refractivity contribution in [2.45, 2.75) is 44.4 Å². The molecular weight excluding hydrogens is 374 g/mol. The Hall–Kier alpha value is -2.58. The van der Waals surface area contributed by atoms with E-state index in [1.807, 2.05) is 60.7 Å². The van der Waals surface area contributed by atoms with Crippen LogP contribution in [0, 0.1) is 0 Å². The standard InChI is InChI=1S/C22H23NO6/c1-14(24)23-18-19(25)20-17(13-27-21(29-20)16-10-6-3-7-11-16)28-22(18)26-12-15-8-4-2-5-9-15/h2-11,17-18,20-22H,12-13H2,1H3,(H,23,24)/t17-,18-,20-,21?,22+/m1/s1. The molecule has 0 aromatic heterocycles. The van der Waals surface area contributed by atoms with Gasteiger partial charge < -0.3 is 24.3 Å². The zero-order valence-corrected chi connectivity index (χ0v) is 16.0. The summed E-state index contributed by atoms with van der Waals surface area (Å²) in [6.45, 7) is 1.79. The number of rotatable bonds is 5. The zero-order valence-electron chi connectivity index (χ0n) is 16.0. The van der Waals surface area contributed by atoms with Crippen molar-refractivity contribution in [3.8, 4) is 0 Å². The van der Waals surface area contributed by atoms with Crippen LogP contribution in [0.25, 0.3) is 0 Å². The third-order valence-corrected chi connectivity index (χ3v) is 4.88. The van der Waals surface area contributed by atoms with E-state index in [4.69, 9.17) is 18.9 Å². The predicted octanol–water partition coefficient (Wildman–Crippen LogP) is 2.12. The maximum atomic E-state index is 13.1. The van der Waals surface area contributed by atoms with Gasteiger partial charge in [0.05, 0.1) is 13.2 Å². The molecule has 2 aromatic carbocycles. The molecule has 29 heavy (non-hydrogen) atoms. The van der Waals surface area contributed by atoms with Gasteiger partial charge in [0.1, 0.15) is 18.2 Å². The molecule has 7 heteroatoms. The molecule has 0 aliphatic carbocycles. The van der Waals surface area contributed by atoms with Crippen LogP contribution >= 0.6 is 0 Å².